The van der Waals surface area contributed by atoms with Crippen LogP contribution in [0.5, 0.6) is 0 Å². The van der Waals surface area contributed by atoms with Gasteiger partial charge in [-0.15, -0.1) is 11.3 Å². The molecule has 0 unspecified atom stereocenters. The van der Waals surface area contributed by atoms with E-state index in [0.717, 1.165) is 40.1 Å². The fourth-order valence-corrected chi connectivity index (χ4v) is 4.49. The van der Waals surface area contributed by atoms with Crippen molar-refractivity contribution in [2.75, 3.05) is 11.9 Å². The Hall–Kier alpha value is -3.19. The number of halogens is 1. The van der Waals surface area contributed by atoms with Crippen LogP contribution in [0, 0.1) is 19.7 Å². The number of carbonyl (C=O) groups is 2. The zero-order valence-corrected chi connectivity index (χ0v) is 19.7. The molecule has 1 aliphatic carbocycles. The predicted molar refractivity (Wildman–Crippen MR) is 130 cm³/mol. The molecule has 1 fully saturated rings. The van der Waals surface area contributed by atoms with Crippen LogP contribution in [-0.4, -0.2) is 34.3 Å². The SMILES string of the molecule is Cc1ccc(NC(=O)N(CC(=O)N(Cc2ccc(F)cc2)Cc2cccs2)C2CC2)c(C)c1. The van der Waals surface area contributed by atoms with Gasteiger partial charge < -0.3 is 15.1 Å². The average Bonchev–Trinajstić information content (AvgIpc) is 3.50. The van der Waals surface area contributed by atoms with Gasteiger partial charge in [0.25, 0.3) is 0 Å². The summed E-state index contributed by atoms with van der Waals surface area (Å²) in [5, 5.41) is 4.96. The number of thiophene rings is 1. The molecule has 0 atom stereocenters. The van der Waals surface area contributed by atoms with Crippen molar-refractivity contribution in [2.24, 2.45) is 0 Å². The molecule has 1 heterocycles. The molecular formula is C26H28FN3O2S. The molecule has 4 rings (SSSR count). The van der Waals surface area contributed by atoms with Crippen molar-refractivity contribution >= 4 is 29.0 Å². The first-order valence-corrected chi connectivity index (χ1v) is 12.0. The summed E-state index contributed by atoms with van der Waals surface area (Å²) in [4.78, 5) is 30.9. The summed E-state index contributed by atoms with van der Waals surface area (Å²) in [5.41, 5.74) is 3.72. The molecule has 172 valence electrons. The minimum absolute atomic E-state index is 0.00792. The van der Waals surface area contributed by atoms with Gasteiger partial charge in [0, 0.05) is 23.2 Å². The van der Waals surface area contributed by atoms with Gasteiger partial charge in [-0.25, -0.2) is 9.18 Å². The van der Waals surface area contributed by atoms with Crippen molar-refractivity contribution in [1.29, 1.82) is 0 Å². The Labute approximate surface area is 197 Å². The molecule has 0 radical (unpaired) electrons. The van der Waals surface area contributed by atoms with Crippen LogP contribution in [0.1, 0.15) is 34.4 Å². The lowest BCUT2D eigenvalue weighted by Crippen LogP contribution is -2.45. The molecule has 3 amide bonds. The van der Waals surface area contributed by atoms with Crippen molar-refractivity contribution in [3.8, 4) is 0 Å². The highest BCUT2D eigenvalue weighted by Gasteiger charge is 2.35. The number of benzene rings is 2. The van der Waals surface area contributed by atoms with E-state index in [1.807, 2.05) is 49.6 Å². The summed E-state index contributed by atoms with van der Waals surface area (Å²) < 4.78 is 13.3. The van der Waals surface area contributed by atoms with Gasteiger partial charge in [-0.05, 0) is 67.5 Å². The van der Waals surface area contributed by atoms with Crippen LogP contribution < -0.4 is 5.32 Å². The van der Waals surface area contributed by atoms with Crippen LogP contribution in [-0.2, 0) is 17.9 Å². The molecule has 5 nitrogen and oxygen atoms in total. The third-order valence-corrected chi connectivity index (χ3v) is 6.60. The van der Waals surface area contributed by atoms with Gasteiger partial charge in [0.05, 0.1) is 6.54 Å². The van der Waals surface area contributed by atoms with E-state index < -0.39 is 0 Å². The largest absolute Gasteiger partial charge is 0.332 e. The highest BCUT2D eigenvalue weighted by atomic mass is 32.1. The highest BCUT2D eigenvalue weighted by Crippen LogP contribution is 2.28. The molecule has 3 aromatic rings. The summed E-state index contributed by atoms with van der Waals surface area (Å²) >= 11 is 1.58. The molecule has 1 saturated carbocycles. The predicted octanol–water partition coefficient (Wildman–Crippen LogP) is 5.73. The molecule has 2 aromatic carbocycles. The number of anilines is 1. The molecule has 7 heteroatoms. The molecule has 0 saturated heterocycles. The standard InChI is InChI=1S/C26H28FN3O2S/c1-18-5-12-24(19(2)14-18)28-26(32)30(22-10-11-22)17-25(31)29(16-23-4-3-13-33-23)15-20-6-8-21(27)9-7-20/h3-9,12-14,22H,10-11,15-17H2,1-2H3,(H,28,32). The lowest BCUT2D eigenvalue weighted by atomic mass is 10.1. The Kier molecular flexibility index (Phi) is 7.08. The van der Waals surface area contributed by atoms with Crippen LogP contribution >= 0.6 is 11.3 Å². The van der Waals surface area contributed by atoms with Crippen LogP contribution in [0.25, 0.3) is 0 Å². The number of hydrogen-bond acceptors (Lipinski definition) is 3. The number of aryl methyl sites for hydroxylation is 2. The first kappa shape index (κ1) is 23.0. The Morgan fingerprint density at radius 1 is 1.06 bits per heavy atom. The van der Waals surface area contributed by atoms with E-state index in [-0.39, 0.29) is 30.3 Å². The molecule has 0 spiro atoms. The van der Waals surface area contributed by atoms with Crippen molar-refractivity contribution in [3.63, 3.8) is 0 Å². The van der Waals surface area contributed by atoms with Crippen LogP contribution in [0.15, 0.2) is 60.0 Å². The Morgan fingerprint density at radius 2 is 1.82 bits per heavy atom. The van der Waals surface area contributed by atoms with E-state index in [9.17, 15) is 14.0 Å². The van der Waals surface area contributed by atoms with Crippen molar-refractivity contribution in [3.05, 3.63) is 87.4 Å². The minimum Gasteiger partial charge on any atom is -0.332 e. The number of carbonyl (C=O) groups excluding carboxylic acids is 2. The highest BCUT2D eigenvalue weighted by molar-refractivity contribution is 7.09. The molecule has 0 aliphatic heterocycles. The van der Waals surface area contributed by atoms with Gasteiger partial charge in [-0.2, -0.15) is 0 Å². The number of nitrogens with zero attached hydrogens (tertiary/aromatic N) is 2. The first-order valence-electron chi connectivity index (χ1n) is 11.1. The maximum absolute atomic E-state index is 13.4. The summed E-state index contributed by atoms with van der Waals surface area (Å²) in [5.74, 6) is -0.437. The minimum atomic E-state index is -0.308. The fraction of sp³-hybridized carbons (Fsp3) is 0.308. The zero-order valence-electron chi connectivity index (χ0n) is 18.9. The number of amides is 3. The molecular weight excluding hydrogens is 437 g/mol. The van der Waals surface area contributed by atoms with E-state index in [2.05, 4.69) is 5.32 Å². The number of nitrogens with one attached hydrogen (secondary N) is 1. The van der Waals surface area contributed by atoms with E-state index >= 15 is 0 Å². The monoisotopic (exact) mass is 465 g/mol. The number of urea groups is 1. The summed E-state index contributed by atoms with van der Waals surface area (Å²) in [6, 6.07) is 15.8. The Bertz CT molecular complexity index is 1110. The van der Waals surface area contributed by atoms with Crippen molar-refractivity contribution in [1.82, 2.24) is 9.80 Å². The quantitative estimate of drug-likeness (QED) is 0.462. The van der Waals surface area contributed by atoms with Crippen LogP contribution in [0.3, 0.4) is 0 Å². The van der Waals surface area contributed by atoms with Crippen LogP contribution in [0.4, 0.5) is 14.9 Å². The van der Waals surface area contributed by atoms with Crippen molar-refractivity contribution in [2.45, 2.75) is 45.8 Å². The van der Waals surface area contributed by atoms with Gasteiger partial charge in [0.2, 0.25) is 5.91 Å². The number of hydrogen-bond donors (Lipinski definition) is 1. The zero-order chi connectivity index (χ0) is 23.4. The second-order valence-electron chi connectivity index (χ2n) is 8.56. The topological polar surface area (TPSA) is 52.7 Å². The first-order chi connectivity index (χ1) is 15.9. The third-order valence-electron chi connectivity index (χ3n) is 5.74. The maximum atomic E-state index is 13.4. The van der Waals surface area contributed by atoms with Gasteiger partial charge in [0.1, 0.15) is 12.4 Å². The second kappa shape index (κ2) is 10.2. The van der Waals surface area contributed by atoms with Crippen LogP contribution in [0.2, 0.25) is 0 Å². The molecule has 33 heavy (non-hydrogen) atoms. The molecule has 1 aromatic heterocycles. The summed E-state index contributed by atoms with van der Waals surface area (Å²) in [6.07, 6.45) is 1.80. The lowest BCUT2D eigenvalue weighted by molar-refractivity contribution is -0.133. The Balaban J connectivity index is 1.48. The normalized spacial score (nSPS) is 12.9. The van der Waals surface area contributed by atoms with Gasteiger partial charge in [-0.1, -0.05) is 35.9 Å². The average molecular weight is 466 g/mol. The smallest absolute Gasteiger partial charge is 0.322 e. The van der Waals surface area contributed by atoms with Gasteiger partial charge in [-0.3, -0.25) is 4.79 Å². The van der Waals surface area contributed by atoms with Gasteiger partial charge in [0.15, 0.2) is 0 Å². The third kappa shape index (κ3) is 6.20. The second-order valence-corrected chi connectivity index (χ2v) is 9.60. The molecule has 0 bridgehead atoms. The lowest BCUT2D eigenvalue weighted by Gasteiger charge is -2.28. The van der Waals surface area contributed by atoms with E-state index in [0.29, 0.717) is 13.1 Å². The van der Waals surface area contributed by atoms with Crippen molar-refractivity contribution < 1.29 is 14.0 Å². The van der Waals surface area contributed by atoms with E-state index in [1.54, 1.807) is 33.3 Å². The Morgan fingerprint density at radius 3 is 2.45 bits per heavy atom. The molecule has 1 N–H and O–H groups in total. The fourth-order valence-electron chi connectivity index (χ4n) is 3.77. The summed E-state index contributed by atoms with van der Waals surface area (Å²) in [7, 11) is 0. The maximum Gasteiger partial charge on any atom is 0.322 e. The molecule has 1 aliphatic rings. The number of rotatable bonds is 8. The van der Waals surface area contributed by atoms with E-state index in [1.165, 1.54) is 12.1 Å². The van der Waals surface area contributed by atoms with E-state index in [4.69, 9.17) is 0 Å². The summed E-state index contributed by atoms with van der Waals surface area (Å²) in [6.45, 7) is 4.78. The van der Waals surface area contributed by atoms with Gasteiger partial charge >= 0.3 is 6.03 Å².